The molecule has 0 aliphatic rings. The van der Waals surface area contributed by atoms with Gasteiger partial charge in [-0.1, -0.05) is 30.3 Å². The molecular formula is C26H30N4O2. The summed E-state index contributed by atoms with van der Waals surface area (Å²) in [5.74, 6) is 2.37. The Kier molecular flexibility index (Phi) is 6.30. The molecule has 2 aromatic heterocycles. The van der Waals surface area contributed by atoms with Crippen LogP contribution >= 0.6 is 0 Å². The maximum atomic E-state index is 5.72. The van der Waals surface area contributed by atoms with Crippen LogP contribution in [0.5, 0.6) is 11.5 Å². The van der Waals surface area contributed by atoms with Crippen LogP contribution in [0.1, 0.15) is 29.6 Å². The lowest BCUT2D eigenvalue weighted by Crippen LogP contribution is -2.08. The van der Waals surface area contributed by atoms with Gasteiger partial charge in [0, 0.05) is 34.8 Å². The Hall–Kier alpha value is -3.54. The molecule has 0 bridgehead atoms. The molecule has 0 saturated heterocycles. The number of nitrogens with one attached hydrogen (secondary N) is 1. The van der Waals surface area contributed by atoms with Crippen LogP contribution in [-0.2, 0) is 6.42 Å². The third-order valence-electron chi connectivity index (χ3n) is 5.80. The molecule has 32 heavy (non-hydrogen) atoms. The van der Waals surface area contributed by atoms with Gasteiger partial charge in [0.05, 0.1) is 25.1 Å². The van der Waals surface area contributed by atoms with Crippen LogP contribution < -0.4 is 14.8 Å². The first-order valence-corrected chi connectivity index (χ1v) is 11.0. The molecule has 2 heterocycles. The number of benzene rings is 2. The Morgan fingerprint density at radius 2 is 1.69 bits per heavy atom. The van der Waals surface area contributed by atoms with E-state index in [4.69, 9.17) is 9.47 Å². The van der Waals surface area contributed by atoms with Crippen molar-refractivity contribution in [2.75, 3.05) is 25.6 Å². The number of rotatable bonds is 8. The van der Waals surface area contributed by atoms with Crippen LogP contribution in [0.4, 0.5) is 5.82 Å². The Balaban J connectivity index is 1.76. The minimum absolute atomic E-state index is 0.614. The zero-order valence-corrected chi connectivity index (χ0v) is 19.4. The van der Waals surface area contributed by atoms with E-state index in [2.05, 4.69) is 58.2 Å². The standard InChI is InChI=1S/C26H30N4O2/c1-6-32-21-12-13-22(23(16-21)31-5)30-18(3)24-17(2)28-29-26(25(24)19(30)4)27-15-14-20-10-8-7-9-11-20/h7-13,16H,6,14-15H2,1-5H3,(H,27,29). The van der Waals surface area contributed by atoms with Crippen molar-refractivity contribution < 1.29 is 9.47 Å². The van der Waals surface area contributed by atoms with Crippen LogP contribution in [0.3, 0.4) is 0 Å². The third-order valence-corrected chi connectivity index (χ3v) is 5.80. The maximum absolute atomic E-state index is 5.72. The maximum Gasteiger partial charge on any atom is 0.158 e. The molecule has 2 aromatic carbocycles. The van der Waals surface area contributed by atoms with Gasteiger partial charge in [-0.2, -0.15) is 5.10 Å². The summed E-state index contributed by atoms with van der Waals surface area (Å²) >= 11 is 0. The van der Waals surface area contributed by atoms with E-state index in [-0.39, 0.29) is 0 Å². The number of nitrogens with zero attached hydrogens (tertiary/aromatic N) is 3. The van der Waals surface area contributed by atoms with Gasteiger partial charge in [-0.15, -0.1) is 5.10 Å². The number of aryl methyl sites for hydroxylation is 3. The molecule has 6 heteroatoms. The molecule has 1 N–H and O–H groups in total. The van der Waals surface area contributed by atoms with Gasteiger partial charge in [-0.05, 0) is 51.8 Å². The van der Waals surface area contributed by atoms with Crippen molar-refractivity contribution in [2.24, 2.45) is 0 Å². The summed E-state index contributed by atoms with van der Waals surface area (Å²) in [6.07, 6.45) is 0.920. The summed E-state index contributed by atoms with van der Waals surface area (Å²) in [7, 11) is 1.69. The van der Waals surface area contributed by atoms with Gasteiger partial charge in [-0.3, -0.25) is 0 Å². The van der Waals surface area contributed by atoms with Crippen molar-refractivity contribution in [2.45, 2.75) is 34.1 Å². The Bertz CT molecular complexity index is 1230. The van der Waals surface area contributed by atoms with E-state index in [0.29, 0.717) is 6.61 Å². The van der Waals surface area contributed by atoms with Gasteiger partial charge in [0.25, 0.3) is 0 Å². The first-order chi connectivity index (χ1) is 15.5. The van der Waals surface area contributed by atoms with Crippen molar-refractivity contribution in [3.63, 3.8) is 0 Å². The minimum atomic E-state index is 0.614. The van der Waals surface area contributed by atoms with Crippen molar-refractivity contribution in [3.8, 4) is 17.2 Å². The summed E-state index contributed by atoms with van der Waals surface area (Å²) in [4.78, 5) is 0. The summed E-state index contributed by atoms with van der Waals surface area (Å²) in [6, 6.07) is 16.4. The van der Waals surface area contributed by atoms with Crippen LogP contribution in [0.15, 0.2) is 48.5 Å². The van der Waals surface area contributed by atoms with E-state index < -0.39 is 0 Å². The van der Waals surface area contributed by atoms with Gasteiger partial charge in [0.2, 0.25) is 0 Å². The Labute approximate surface area is 189 Å². The van der Waals surface area contributed by atoms with Crippen LogP contribution in [0.25, 0.3) is 16.5 Å². The second-order valence-corrected chi connectivity index (χ2v) is 7.82. The lowest BCUT2D eigenvalue weighted by atomic mass is 10.1. The molecule has 0 fully saturated rings. The van der Waals surface area contributed by atoms with Crippen LogP contribution in [-0.4, -0.2) is 35.0 Å². The summed E-state index contributed by atoms with van der Waals surface area (Å²) in [5, 5.41) is 14.7. The fraction of sp³-hybridized carbons (Fsp3) is 0.308. The molecule has 4 aromatic rings. The highest BCUT2D eigenvalue weighted by atomic mass is 16.5. The van der Waals surface area contributed by atoms with Crippen molar-refractivity contribution in [1.29, 1.82) is 0 Å². The predicted octanol–water partition coefficient (Wildman–Crippen LogP) is 5.41. The molecule has 0 atom stereocenters. The number of ether oxygens (including phenoxy) is 2. The highest BCUT2D eigenvalue weighted by Crippen LogP contribution is 2.37. The fourth-order valence-corrected chi connectivity index (χ4v) is 4.35. The number of methoxy groups -OCH3 is 1. The minimum Gasteiger partial charge on any atom is -0.494 e. The molecule has 0 unspecified atom stereocenters. The molecule has 0 radical (unpaired) electrons. The van der Waals surface area contributed by atoms with Gasteiger partial charge < -0.3 is 19.4 Å². The molecule has 0 amide bonds. The molecular weight excluding hydrogens is 400 g/mol. The monoisotopic (exact) mass is 430 g/mol. The van der Waals surface area contributed by atoms with E-state index in [9.17, 15) is 0 Å². The average molecular weight is 431 g/mol. The molecule has 4 rings (SSSR count). The number of anilines is 1. The molecule has 0 spiro atoms. The van der Waals surface area contributed by atoms with Crippen molar-refractivity contribution >= 4 is 16.6 Å². The third kappa shape index (κ3) is 4.00. The lowest BCUT2D eigenvalue weighted by molar-refractivity contribution is 0.336. The molecule has 166 valence electrons. The number of fused-ring (bicyclic) bond motifs is 1. The first-order valence-electron chi connectivity index (χ1n) is 11.0. The first kappa shape index (κ1) is 21.7. The summed E-state index contributed by atoms with van der Waals surface area (Å²) in [6.45, 7) is 9.62. The van der Waals surface area contributed by atoms with E-state index >= 15 is 0 Å². The molecule has 0 saturated carbocycles. The highest BCUT2D eigenvalue weighted by molar-refractivity contribution is 5.98. The lowest BCUT2D eigenvalue weighted by Gasteiger charge is -2.15. The number of aromatic nitrogens is 3. The summed E-state index contributed by atoms with van der Waals surface area (Å²) < 4.78 is 13.6. The van der Waals surface area contributed by atoms with Gasteiger partial charge in [0.1, 0.15) is 11.5 Å². The Morgan fingerprint density at radius 3 is 2.41 bits per heavy atom. The van der Waals surface area contributed by atoms with Crippen LogP contribution in [0, 0.1) is 20.8 Å². The second-order valence-electron chi connectivity index (χ2n) is 7.82. The number of hydrogen-bond acceptors (Lipinski definition) is 5. The zero-order chi connectivity index (χ0) is 22.7. The fourth-order valence-electron chi connectivity index (χ4n) is 4.35. The second kappa shape index (κ2) is 9.30. The topological polar surface area (TPSA) is 61.2 Å². The quantitative estimate of drug-likeness (QED) is 0.405. The van der Waals surface area contributed by atoms with E-state index in [1.165, 1.54) is 5.56 Å². The van der Waals surface area contributed by atoms with Crippen molar-refractivity contribution in [3.05, 3.63) is 71.2 Å². The number of hydrogen-bond donors (Lipinski definition) is 1. The van der Waals surface area contributed by atoms with Gasteiger partial charge >= 0.3 is 0 Å². The highest BCUT2D eigenvalue weighted by Gasteiger charge is 2.21. The van der Waals surface area contributed by atoms with Gasteiger partial charge in [-0.25, -0.2) is 0 Å². The zero-order valence-electron chi connectivity index (χ0n) is 19.4. The average Bonchev–Trinajstić information content (AvgIpc) is 3.07. The smallest absolute Gasteiger partial charge is 0.158 e. The van der Waals surface area contributed by atoms with Crippen LogP contribution in [0.2, 0.25) is 0 Å². The van der Waals surface area contributed by atoms with E-state index in [1.54, 1.807) is 7.11 Å². The SMILES string of the molecule is CCOc1ccc(-n2c(C)c3c(C)nnc(NCCc4ccccc4)c3c2C)c(OC)c1. The molecule has 0 aliphatic heterocycles. The van der Waals surface area contributed by atoms with Gasteiger partial charge in [0.15, 0.2) is 5.82 Å². The normalized spacial score (nSPS) is 11.0. The Morgan fingerprint density at radius 1 is 0.938 bits per heavy atom. The summed E-state index contributed by atoms with van der Waals surface area (Å²) in [5.41, 5.74) is 5.38. The predicted molar refractivity (Wildman–Crippen MR) is 129 cm³/mol. The van der Waals surface area contributed by atoms with Crippen molar-refractivity contribution in [1.82, 2.24) is 14.8 Å². The molecule has 6 nitrogen and oxygen atoms in total. The largest absolute Gasteiger partial charge is 0.494 e. The molecule has 0 aliphatic carbocycles. The van der Waals surface area contributed by atoms with E-state index in [0.717, 1.165) is 63.8 Å². The van der Waals surface area contributed by atoms with E-state index in [1.807, 2.05) is 38.1 Å².